The van der Waals surface area contributed by atoms with Gasteiger partial charge < -0.3 is 15.2 Å². The van der Waals surface area contributed by atoms with Gasteiger partial charge in [0.25, 0.3) is 5.56 Å². The van der Waals surface area contributed by atoms with Gasteiger partial charge in [-0.1, -0.05) is 20.3 Å². The summed E-state index contributed by atoms with van der Waals surface area (Å²) in [6.45, 7) is 8.69. The first kappa shape index (κ1) is 16.5. The summed E-state index contributed by atoms with van der Waals surface area (Å²) in [7, 11) is 0. The lowest BCUT2D eigenvalue weighted by Gasteiger charge is -2.17. The van der Waals surface area contributed by atoms with E-state index in [1.165, 1.54) is 19.4 Å². The van der Waals surface area contributed by atoms with Crippen LogP contribution in [-0.4, -0.2) is 41.0 Å². The Hall–Kier alpha value is -1.88. The molecule has 2 aromatic rings. The van der Waals surface area contributed by atoms with Crippen molar-refractivity contribution in [3.63, 3.8) is 0 Å². The topological polar surface area (TPSA) is 61.0 Å². The van der Waals surface area contributed by atoms with Crippen LogP contribution in [0.4, 0.5) is 5.69 Å². The summed E-state index contributed by atoms with van der Waals surface area (Å²) >= 11 is 0. The van der Waals surface area contributed by atoms with Crippen LogP contribution in [0.5, 0.6) is 0 Å². The molecular formula is C17H26N4O. The number of nitrogens with zero attached hydrogens (tertiary/aromatic N) is 2. The van der Waals surface area contributed by atoms with E-state index in [0.717, 1.165) is 42.8 Å². The van der Waals surface area contributed by atoms with Crippen molar-refractivity contribution in [1.82, 2.24) is 14.9 Å². The van der Waals surface area contributed by atoms with E-state index < -0.39 is 0 Å². The van der Waals surface area contributed by atoms with E-state index in [0.29, 0.717) is 0 Å². The molecule has 0 atom stereocenters. The van der Waals surface area contributed by atoms with Crippen LogP contribution in [-0.2, 0) is 0 Å². The fourth-order valence-corrected chi connectivity index (χ4v) is 2.62. The smallest absolute Gasteiger partial charge is 0.250 e. The van der Waals surface area contributed by atoms with E-state index in [-0.39, 0.29) is 5.56 Å². The quantitative estimate of drug-likeness (QED) is 0.699. The van der Waals surface area contributed by atoms with Gasteiger partial charge in [-0.25, -0.2) is 0 Å². The van der Waals surface area contributed by atoms with E-state index in [9.17, 15) is 4.79 Å². The average Bonchev–Trinajstić information content (AvgIpc) is 2.54. The molecular weight excluding hydrogens is 276 g/mol. The van der Waals surface area contributed by atoms with Gasteiger partial charge in [-0.2, -0.15) is 0 Å². The van der Waals surface area contributed by atoms with E-state index in [1.807, 2.05) is 12.1 Å². The SMILES string of the molecule is CCN(CC)CCCCCNc1cc(=O)[nH]c2cccnc12. The first-order valence-corrected chi connectivity index (χ1v) is 8.19. The number of fused-ring (bicyclic) bond motifs is 1. The number of unbranched alkanes of at least 4 members (excludes halogenated alkanes) is 2. The van der Waals surface area contributed by atoms with Gasteiger partial charge in [0, 0.05) is 18.8 Å². The van der Waals surface area contributed by atoms with Crippen LogP contribution in [0, 0.1) is 0 Å². The van der Waals surface area contributed by atoms with Crippen molar-refractivity contribution in [2.75, 3.05) is 31.5 Å². The third-order valence-electron chi connectivity index (χ3n) is 3.96. The zero-order valence-electron chi connectivity index (χ0n) is 13.6. The average molecular weight is 302 g/mol. The Morgan fingerprint density at radius 3 is 2.82 bits per heavy atom. The van der Waals surface area contributed by atoms with Gasteiger partial charge >= 0.3 is 0 Å². The third kappa shape index (κ3) is 4.56. The minimum Gasteiger partial charge on any atom is -0.383 e. The van der Waals surface area contributed by atoms with Gasteiger partial charge in [0.15, 0.2) is 0 Å². The third-order valence-corrected chi connectivity index (χ3v) is 3.96. The first-order chi connectivity index (χ1) is 10.7. The maximum absolute atomic E-state index is 11.7. The van der Waals surface area contributed by atoms with Crippen molar-refractivity contribution in [2.24, 2.45) is 0 Å². The van der Waals surface area contributed by atoms with Crippen LogP contribution in [0.15, 0.2) is 29.2 Å². The molecule has 0 unspecified atom stereocenters. The molecule has 5 heteroatoms. The van der Waals surface area contributed by atoms with Gasteiger partial charge in [-0.05, 0) is 44.6 Å². The van der Waals surface area contributed by atoms with Crippen molar-refractivity contribution < 1.29 is 0 Å². The van der Waals surface area contributed by atoms with E-state index in [4.69, 9.17) is 0 Å². The standard InChI is InChI=1S/C17H26N4O/c1-3-21(4-2)12-7-5-6-10-18-15-13-16(22)20-14-9-8-11-19-17(14)15/h8-9,11,13H,3-7,10,12H2,1-2H3,(H2,18,20,22). The highest BCUT2D eigenvalue weighted by atomic mass is 16.1. The van der Waals surface area contributed by atoms with Gasteiger partial charge in [-0.15, -0.1) is 0 Å². The molecule has 120 valence electrons. The second kappa shape index (κ2) is 8.54. The Bertz CT molecular complexity index is 634. The molecule has 2 aromatic heterocycles. The van der Waals surface area contributed by atoms with Crippen LogP contribution in [0.1, 0.15) is 33.1 Å². The predicted octanol–water partition coefficient (Wildman–Crippen LogP) is 2.85. The highest BCUT2D eigenvalue weighted by molar-refractivity contribution is 5.86. The largest absolute Gasteiger partial charge is 0.383 e. The van der Waals surface area contributed by atoms with Crippen LogP contribution in [0.3, 0.4) is 0 Å². The van der Waals surface area contributed by atoms with Crippen molar-refractivity contribution in [3.8, 4) is 0 Å². The van der Waals surface area contributed by atoms with Crippen LogP contribution < -0.4 is 10.9 Å². The molecule has 0 saturated carbocycles. The highest BCUT2D eigenvalue weighted by Gasteiger charge is 2.03. The number of H-pyrrole nitrogens is 1. The van der Waals surface area contributed by atoms with Crippen LogP contribution in [0.25, 0.3) is 11.0 Å². The fraction of sp³-hybridized carbons (Fsp3) is 0.529. The van der Waals surface area contributed by atoms with Gasteiger partial charge in [-0.3, -0.25) is 9.78 Å². The molecule has 0 aliphatic heterocycles. The molecule has 0 aliphatic rings. The van der Waals surface area contributed by atoms with Crippen LogP contribution in [0.2, 0.25) is 0 Å². The Kier molecular flexibility index (Phi) is 6.40. The van der Waals surface area contributed by atoms with E-state index >= 15 is 0 Å². The lowest BCUT2D eigenvalue weighted by atomic mass is 10.2. The lowest BCUT2D eigenvalue weighted by molar-refractivity contribution is 0.296. The van der Waals surface area contributed by atoms with Crippen molar-refractivity contribution in [3.05, 3.63) is 34.7 Å². The summed E-state index contributed by atoms with van der Waals surface area (Å²) in [6.07, 6.45) is 5.26. The summed E-state index contributed by atoms with van der Waals surface area (Å²) in [6, 6.07) is 5.29. The minimum absolute atomic E-state index is 0.0930. The first-order valence-electron chi connectivity index (χ1n) is 8.19. The fourth-order valence-electron chi connectivity index (χ4n) is 2.62. The van der Waals surface area contributed by atoms with Crippen LogP contribution >= 0.6 is 0 Å². The van der Waals surface area contributed by atoms with Gasteiger partial charge in [0.1, 0.15) is 5.52 Å². The molecule has 2 rings (SSSR count). The van der Waals surface area contributed by atoms with Gasteiger partial charge in [0.05, 0.1) is 11.2 Å². The summed E-state index contributed by atoms with van der Waals surface area (Å²) < 4.78 is 0. The molecule has 0 aliphatic carbocycles. The number of hydrogen-bond acceptors (Lipinski definition) is 4. The molecule has 2 N–H and O–H groups in total. The Labute approximate surface area is 131 Å². The van der Waals surface area contributed by atoms with Crippen molar-refractivity contribution >= 4 is 16.7 Å². The molecule has 0 bridgehead atoms. The maximum Gasteiger partial charge on any atom is 0.250 e. The molecule has 0 fully saturated rings. The normalized spacial score (nSPS) is 11.2. The number of hydrogen-bond donors (Lipinski definition) is 2. The Morgan fingerprint density at radius 2 is 2.05 bits per heavy atom. The minimum atomic E-state index is -0.0930. The summed E-state index contributed by atoms with van der Waals surface area (Å²) in [4.78, 5) is 21.2. The second-order valence-electron chi connectivity index (χ2n) is 5.46. The molecule has 0 radical (unpaired) electrons. The maximum atomic E-state index is 11.7. The number of aromatic amines is 1. The summed E-state index contributed by atoms with van der Waals surface area (Å²) in [5.41, 5.74) is 2.33. The monoisotopic (exact) mass is 302 g/mol. The Balaban J connectivity index is 1.81. The van der Waals surface area contributed by atoms with Gasteiger partial charge in [0.2, 0.25) is 0 Å². The van der Waals surface area contributed by atoms with Crippen molar-refractivity contribution in [2.45, 2.75) is 33.1 Å². The molecule has 0 amide bonds. The Morgan fingerprint density at radius 1 is 1.23 bits per heavy atom. The van der Waals surface area contributed by atoms with E-state index in [1.54, 1.807) is 12.3 Å². The number of aromatic nitrogens is 2. The second-order valence-corrected chi connectivity index (χ2v) is 5.46. The molecule has 2 heterocycles. The predicted molar refractivity (Wildman–Crippen MR) is 92.5 cm³/mol. The number of rotatable bonds is 9. The molecule has 0 saturated heterocycles. The van der Waals surface area contributed by atoms with Crippen molar-refractivity contribution in [1.29, 1.82) is 0 Å². The number of pyridine rings is 2. The molecule has 0 spiro atoms. The highest BCUT2D eigenvalue weighted by Crippen LogP contribution is 2.16. The molecule has 0 aromatic carbocycles. The zero-order chi connectivity index (χ0) is 15.8. The number of nitrogens with one attached hydrogen (secondary N) is 2. The molecule has 5 nitrogen and oxygen atoms in total. The summed E-state index contributed by atoms with van der Waals surface area (Å²) in [5, 5.41) is 3.35. The lowest BCUT2D eigenvalue weighted by Crippen LogP contribution is -2.24. The summed E-state index contributed by atoms with van der Waals surface area (Å²) in [5.74, 6) is 0. The zero-order valence-corrected chi connectivity index (χ0v) is 13.6. The van der Waals surface area contributed by atoms with E-state index in [2.05, 4.69) is 34.0 Å². The molecule has 22 heavy (non-hydrogen) atoms. The number of anilines is 1.